The molecule has 0 bridgehead atoms. The Kier molecular flexibility index (Phi) is 6.12. The second kappa shape index (κ2) is 8.30. The van der Waals surface area contributed by atoms with Crippen molar-refractivity contribution in [1.29, 1.82) is 5.26 Å². The zero-order chi connectivity index (χ0) is 16.7. The number of methoxy groups -OCH3 is 2. The normalized spacial score (nSPS) is 9.83. The Hall–Kier alpha value is -2.39. The van der Waals surface area contributed by atoms with Gasteiger partial charge in [-0.1, -0.05) is 12.1 Å². The number of para-hydroxylation sites is 2. The molecule has 0 aliphatic carbocycles. The first-order valence-electron chi connectivity index (χ1n) is 6.85. The molecule has 0 atom stereocenters. The summed E-state index contributed by atoms with van der Waals surface area (Å²) in [6.07, 6.45) is 0. The number of ether oxygens (including phenoxy) is 4. The third kappa shape index (κ3) is 4.30. The Labute approximate surface area is 143 Å². The lowest BCUT2D eigenvalue weighted by molar-refractivity contribution is 0.205. The summed E-state index contributed by atoms with van der Waals surface area (Å²) in [6.45, 7) is 0.662. The van der Waals surface area contributed by atoms with Crippen LogP contribution in [0.5, 0.6) is 23.0 Å². The molecular formula is C17H16BrNO4. The van der Waals surface area contributed by atoms with Gasteiger partial charge in [0.05, 0.1) is 30.3 Å². The maximum atomic E-state index is 8.96. The van der Waals surface area contributed by atoms with Crippen LogP contribution in [-0.2, 0) is 0 Å². The van der Waals surface area contributed by atoms with E-state index in [1.807, 2.05) is 24.3 Å². The Morgan fingerprint density at radius 3 is 2.26 bits per heavy atom. The highest BCUT2D eigenvalue weighted by Crippen LogP contribution is 2.36. The molecule has 0 aliphatic rings. The highest BCUT2D eigenvalue weighted by Gasteiger charge is 2.12. The van der Waals surface area contributed by atoms with Crippen LogP contribution in [0.25, 0.3) is 0 Å². The number of nitrogens with zero attached hydrogens (tertiary/aromatic N) is 1. The summed E-state index contributed by atoms with van der Waals surface area (Å²) in [5.74, 6) is 2.36. The molecule has 0 radical (unpaired) electrons. The van der Waals surface area contributed by atoms with Crippen LogP contribution in [0.3, 0.4) is 0 Å². The minimum absolute atomic E-state index is 0.318. The van der Waals surface area contributed by atoms with Gasteiger partial charge in [-0.2, -0.15) is 5.26 Å². The lowest BCUT2D eigenvalue weighted by Gasteiger charge is -2.14. The van der Waals surface area contributed by atoms with Crippen LogP contribution in [0.4, 0.5) is 0 Å². The monoisotopic (exact) mass is 377 g/mol. The number of rotatable bonds is 7. The molecule has 0 spiro atoms. The Morgan fingerprint density at radius 1 is 0.957 bits per heavy atom. The summed E-state index contributed by atoms with van der Waals surface area (Å²) in [4.78, 5) is 0. The van der Waals surface area contributed by atoms with E-state index in [4.69, 9.17) is 24.2 Å². The highest BCUT2D eigenvalue weighted by molar-refractivity contribution is 9.10. The van der Waals surface area contributed by atoms with E-state index in [0.29, 0.717) is 46.2 Å². The van der Waals surface area contributed by atoms with Crippen molar-refractivity contribution in [1.82, 2.24) is 0 Å². The van der Waals surface area contributed by atoms with E-state index in [0.717, 1.165) is 0 Å². The number of hydrogen-bond donors (Lipinski definition) is 0. The topological polar surface area (TPSA) is 60.7 Å². The summed E-state index contributed by atoms with van der Waals surface area (Å²) >= 11 is 3.38. The first-order valence-corrected chi connectivity index (χ1v) is 7.65. The largest absolute Gasteiger partial charge is 0.493 e. The average molecular weight is 378 g/mol. The first-order chi connectivity index (χ1) is 11.2. The fourth-order valence-electron chi connectivity index (χ4n) is 1.96. The van der Waals surface area contributed by atoms with Crippen LogP contribution in [0.15, 0.2) is 40.9 Å². The molecular weight excluding hydrogens is 362 g/mol. The van der Waals surface area contributed by atoms with Crippen molar-refractivity contribution in [2.24, 2.45) is 0 Å². The van der Waals surface area contributed by atoms with Gasteiger partial charge in [-0.05, 0) is 34.1 Å². The van der Waals surface area contributed by atoms with Crippen molar-refractivity contribution < 1.29 is 18.9 Å². The van der Waals surface area contributed by atoms with Crippen molar-refractivity contribution in [3.8, 4) is 29.1 Å². The van der Waals surface area contributed by atoms with E-state index in [2.05, 4.69) is 22.0 Å². The van der Waals surface area contributed by atoms with E-state index in [9.17, 15) is 0 Å². The summed E-state index contributed by atoms with van der Waals surface area (Å²) in [5.41, 5.74) is 0.492. The Bertz CT molecular complexity index is 712. The van der Waals surface area contributed by atoms with Gasteiger partial charge < -0.3 is 18.9 Å². The lowest BCUT2D eigenvalue weighted by Crippen LogP contribution is -2.10. The number of hydrogen-bond acceptors (Lipinski definition) is 5. The molecule has 0 heterocycles. The molecule has 23 heavy (non-hydrogen) atoms. The van der Waals surface area contributed by atoms with Crippen LogP contribution in [-0.4, -0.2) is 27.4 Å². The zero-order valence-corrected chi connectivity index (χ0v) is 14.4. The molecule has 5 nitrogen and oxygen atoms in total. The standard InChI is InChI=1S/C17H16BrNO4/c1-20-14-5-3-4-6-15(14)22-7-8-23-17-13(18)9-12(11-19)10-16(17)21-2/h3-6,9-10H,7-8H2,1-2H3. The molecule has 2 rings (SSSR count). The molecule has 0 saturated heterocycles. The summed E-state index contributed by atoms with van der Waals surface area (Å²) < 4.78 is 22.5. The predicted molar refractivity (Wildman–Crippen MR) is 89.4 cm³/mol. The lowest BCUT2D eigenvalue weighted by atomic mass is 10.2. The molecule has 0 fully saturated rings. The molecule has 2 aromatic carbocycles. The van der Waals surface area contributed by atoms with Gasteiger partial charge >= 0.3 is 0 Å². The van der Waals surface area contributed by atoms with E-state index in [1.54, 1.807) is 19.2 Å². The quantitative estimate of drug-likeness (QED) is 0.686. The number of nitriles is 1. The number of halogens is 1. The van der Waals surface area contributed by atoms with Gasteiger partial charge in [-0.25, -0.2) is 0 Å². The van der Waals surface area contributed by atoms with Gasteiger partial charge in [0, 0.05) is 6.07 Å². The predicted octanol–water partition coefficient (Wildman–Crippen LogP) is 3.80. The van der Waals surface area contributed by atoms with Gasteiger partial charge in [-0.15, -0.1) is 0 Å². The van der Waals surface area contributed by atoms with Crippen LogP contribution in [0.2, 0.25) is 0 Å². The molecule has 0 amide bonds. The number of benzene rings is 2. The van der Waals surface area contributed by atoms with Gasteiger partial charge in [0.25, 0.3) is 0 Å². The van der Waals surface area contributed by atoms with E-state index >= 15 is 0 Å². The van der Waals surface area contributed by atoms with Crippen molar-refractivity contribution in [3.63, 3.8) is 0 Å². The van der Waals surface area contributed by atoms with Gasteiger partial charge in [-0.3, -0.25) is 0 Å². The Morgan fingerprint density at radius 2 is 1.61 bits per heavy atom. The molecule has 120 valence electrons. The third-order valence-electron chi connectivity index (χ3n) is 3.01. The first kappa shape index (κ1) is 17.0. The van der Waals surface area contributed by atoms with E-state index < -0.39 is 0 Å². The highest BCUT2D eigenvalue weighted by atomic mass is 79.9. The van der Waals surface area contributed by atoms with Crippen LogP contribution in [0.1, 0.15) is 5.56 Å². The molecule has 0 saturated carbocycles. The Balaban J connectivity index is 1.98. The molecule has 6 heteroatoms. The third-order valence-corrected chi connectivity index (χ3v) is 3.60. The van der Waals surface area contributed by atoms with Gasteiger partial charge in [0.15, 0.2) is 23.0 Å². The summed E-state index contributed by atoms with van der Waals surface area (Å²) in [6, 6.07) is 12.8. The summed E-state index contributed by atoms with van der Waals surface area (Å²) in [5, 5.41) is 8.96. The second-order valence-electron chi connectivity index (χ2n) is 4.45. The van der Waals surface area contributed by atoms with Crippen molar-refractivity contribution >= 4 is 15.9 Å². The molecule has 2 aromatic rings. The second-order valence-corrected chi connectivity index (χ2v) is 5.30. The zero-order valence-electron chi connectivity index (χ0n) is 12.8. The summed E-state index contributed by atoms with van der Waals surface area (Å²) in [7, 11) is 3.12. The van der Waals surface area contributed by atoms with Gasteiger partial charge in [0.2, 0.25) is 0 Å². The SMILES string of the molecule is COc1ccccc1OCCOc1c(Br)cc(C#N)cc1OC. The maximum Gasteiger partial charge on any atom is 0.175 e. The van der Waals surface area contributed by atoms with Crippen LogP contribution >= 0.6 is 15.9 Å². The van der Waals surface area contributed by atoms with E-state index in [1.165, 1.54) is 7.11 Å². The van der Waals surface area contributed by atoms with Crippen molar-refractivity contribution in [2.75, 3.05) is 27.4 Å². The average Bonchev–Trinajstić information content (AvgIpc) is 2.59. The van der Waals surface area contributed by atoms with Crippen molar-refractivity contribution in [2.45, 2.75) is 0 Å². The fourth-order valence-corrected chi connectivity index (χ4v) is 2.51. The van der Waals surface area contributed by atoms with Crippen molar-refractivity contribution in [3.05, 3.63) is 46.4 Å². The van der Waals surface area contributed by atoms with Gasteiger partial charge in [0.1, 0.15) is 13.2 Å². The fraction of sp³-hybridized carbons (Fsp3) is 0.235. The maximum absolute atomic E-state index is 8.96. The minimum Gasteiger partial charge on any atom is -0.493 e. The smallest absolute Gasteiger partial charge is 0.175 e. The molecule has 0 aliphatic heterocycles. The molecule has 0 aromatic heterocycles. The van der Waals surface area contributed by atoms with E-state index in [-0.39, 0.29) is 0 Å². The van der Waals surface area contributed by atoms with Crippen LogP contribution < -0.4 is 18.9 Å². The molecule has 0 N–H and O–H groups in total. The van der Waals surface area contributed by atoms with Crippen LogP contribution in [0, 0.1) is 11.3 Å². The minimum atomic E-state index is 0.318. The molecule has 0 unspecified atom stereocenters.